The van der Waals surface area contributed by atoms with Crippen LogP contribution in [0.1, 0.15) is 40.2 Å². The van der Waals surface area contributed by atoms with E-state index < -0.39 is 27.1 Å². The molecule has 9 heteroatoms. The Bertz CT molecular complexity index is 1040. The second kappa shape index (κ2) is 10.1. The number of rotatable bonds is 8. The Balaban J connectivity index is 1.99. The summed E-state index contributed by atoms with van der Waals surface area (Å²) in [5, 5.41) is 5.28. The third-order valence-corrected chi connectivity index (χ3v) is 6.01. The predicted molar refractivity (Wildman–Crippen MR) is 124 cm³/mol. The van der Waals surface area contributed by atoms with E-state index in [4.69, 9.17) is 4.74 Å². The Labute approximate surface area is 189 Å². The Morgan fingerprint density at radius 3 is 2.19 bits per heavy atom. The molecule has 0 radical (unpaired) electrons. The van der Waals surface area contributed by atoms with E-state index in [-0.39, 0.29) is 23.9 Å². The van der Waals surface area contributed by atoms with Crippen LogP contribution in [-0.2, 0) is 25.0 Å². The van der Waals surface area contributed by atoms with Crippen molar-refractivity contribution in [3.8, 4) is 0 Å². The standard InChI is InChI=1S/C23H31N3O5S/c1-22(2,3)31-21(28)24-14-15-25-32(29,30)19-13-9-12-18(16-19)26-20(27)23(4,5)17-10-7-6-8-11-17/h6-13,16,25H,14-15H2,1-5H3,(H,24,28)(H,26,27). The van der Waals surface area contributed by atoms with Crippen LogP contribution < -0.4 is 15.4 Å². The number of alkyl carbamates (subject to hydrolysis) is 1. The van der Waals surface area contributed by atoms with Gasteiger partial charge in [-0.3, -0.25) is 4.79 Å². The molecule has 2 aromatic rings. The molecule has 0 heterocycles. The van der Waals surface area contributed by atoms with E-state index in [9.17, 15) is 18.0 Å². The molecule has 0 unspecified atom stereocenters. The van der Waals surface area contributed by atoms with E-state index in [0.717, 1.165) is 5.56 Å². The lowest BCUT2D eigenvalue weighted by molar-refractivity contribution is -0.120. The zero-order chi connectivity index (χ0) is 24.0. The SMILES string of the molecule is CC(C)(C)OC(=O)NCCNS(=O)(=O)c1cccc(NC(=O)C(C)(C)c2ccccc2)c1. The van der Waals surface area contributed by atoms with Crippen LogP contribution in [0.15, 0.2) is 59.5 Å². The van der Waals surface area contributed by atoms with Gasteiger partial charge in [0, 0.05) is 18.8 Å². The molecule has 32 heavy (non-hydrogen) atoms. The van der Waals surface area contributed by atoms with Gasteiger partial charge in [-0.25, -0.2) is 17.9 Å². The normalized spacial score (nSPS) is 12.2. The lowest BCUT2D eigenvalue weighted by atomic mass is 9.83. The van der Waals surface area contributed by atoms with Crippen molar-refractivity contribution in [2.24, 2.45) is 0 Å². The van der Waals surface area contributed by atoms with Crippen molar-refractivity contribution < 1.29 is 22.7 Å². The summed E-state index contributed by atoms with van der Waals surface area (Å²) in [6.07, 6.45) is -0.623. The number of benzene rings is 2. The van der Waals surface area contributed by atoms with Gasteiger partial charge in [0.2, 0.25) is 15.9 Å². The van der Waals surface area contributed by atoms with Crippen LogP contribution in [0.2, 0.25) is 0 Å². The molecule has 0 saturated heterocycles. The molecule has 174 valence electrons. The lowest BCUT2D eigenvalue weighted by Crippen LogP contribution is -2.37. The molecular weight excluding hydrogens is 430 g/mol. The minimum absolute atomic E-state index is 0.00471. The predicted octanol–water partition coefficient (Wildman–Crippen LogP) is 3.41. The third kappa shape index (κ3) is 7.35. The molecule has 3 N–H and O–H groups in total. The fourth-order valence-electron chi connectivity index (χ4n) is 2.76. The van der Waals surface area contributed by atoms with Gasteiger partial charge >= 0.3 is 6.09 Å². The Morgan fingerprint density at radius 1 is 0.906 bits per heavy atom. The van der Waals surface area contributed by atoms with E-state index >= 15 is 0 Å². The summed E-state index contributed by atoms with van der Waals surface area (Å²) in [4.78, 5) is 24.5. The molecule has 2 aromatic carbocycles. The van der Waals surface area contributed by atoms with E-state index in [0.29, 0.717) is 5.69 Å². The molecule has 8 nitrogen and oxygen atoms in total. The van der Waals surface area contributed by atoms with Crippen LogP contribution in [0.3, 0.4) is 0 Å². The number of hydrogen-bond donors (Lipinski definition) is 3. The molecular formula is C23H31N3O5S. The topological polar surface area (TPSA) is 114 Å². The highest BCUT2D eigenvalue weighted by Gasteiger charge is 2.29. The number of nitrogens with one attached hydrogen (secondary N) is 3. The molecule has 0 bridgehead atoms. The van der Waals surface area contributed by atoms with Gasteiger partial charge in [-0.2, -0.15) is 0 Å². The second-order valence-electron chi connectivity index (χ2n) is 8.80. The number of hydrogen-bond acceptors (Lipinski definition) is 5. The largest absolute Gasteiger partial charge is 0.444 e. The molecule has 0 fully saturated rings. The van der Waals surface area contributed by atoms with Crippen molar-refractivity contribution in [2.45, 2.75) is 50.5 Å². The van der Waals surface area contributed by atoms with Crippen molar-refractivity contribution in [2.75, 3.05) is 18.4 Å². The number of anilines is 1. The summed E-state index contributed by atoms with van der Waals surface area (Å²) < 4.78 is 32.7. The minimum atomic E-state index is -3.83. The first-order valence-corrected chi connectivity index (χ1v) is 11.7. The van der Waals surface area contributed by atoms with Gasteiger partial charge in [-0.1, -0.05) is 36.4 Å². The third-order valence-electron chi connectivity index (χ3n) is 4.55. The number of ether oxygens (including phenoxy) is 1. The summed E-state index contributed by atoms with van der Waals surface area (Å²) in [5.41, 5.74) is -0.222. The Morgan fingerprint density at radius 2 is 1.56 bits per heavy atom. The zero-order valence-corrected chi connectivity index (χ0v) is 19.9. The van der Waals surface area contributed by atoms with Crippen LogP contribution in [-0.4, -0.2) is 39.1 Å². The maximum absolute atomic E-state index is 12.8. The van der Waals surface area contributed by atoms with E-state index in [1.165, 1.54) is 12.1 Å². The number of amides is 2. The lowest BCUT2D eigenvalue weighted by Gasteiger charge is -2.24. The van der Waals surface area contributed by atoms with Gasteiger partial charge in [0.1, 0.15) is 5.60 Å². The van der Waals surface area contributed by atoms with Gasteiger partial charge in [-0.15, -0.1) is 0 Å². The van der Waals surface area contributed by atoms with Crippen molar-refractivity contribution in [3.63, 3.8) is 0 Å². The van der Waals surface area contributed by atoms with Crippen LogP contribution in [0.25, 0.3) is 0 Å². The van der Waals surface area contributed by atoms with Gasteiger partial charge in [0.05, 0.1) is 10.3 Å². The second-order valence-corrected chi connectivity index (χ2v) is 10.6. The van der Waals surface area contributed by atoms with Gasteiger partial charge in [0.15, 0.2) is 0 Å². The monoisotopic (exact) mass is 461 g/mol. The molecule has 0 aliphatic heterocycles. The van der Waals surface area contributed by atoms with Gasteiger partial charge < -0.3 is 15.4 Å². The summed E-state index contributed by atoms with van der Waals surface area (Å²) in [6, 6.07) is 15.3. The highest BCUT2D eigenvalue weighted by molar-refractivity contribution is 7.89. The van der Waals surface area contributed by atoms with Crippen LogP contribution >= 0.6 is 0 Å². The number of sulfonamides is 1. The number of carbonyl (C=O) groups is 2. The van der Waals surface area contributed by atoms with Gasteiger partial charge in [-0.05, 0) is 58.4 Å². The van der Waals surface area contributed by atoms with Crippen LogP contribution in [0, 0.1) is 0 Å². The summed E-state index contributed by atoms with van der Waals surface area (Å²) in [5.74, 6) is -0.257. The highest BCUT2D eigenvalue weighted by Crippen LogP contribution is 2.25. The Kier molecular flexibility index (Phi) is 8.03. The van der Waals surface area contributed by atoms with Crippen LogP contribution in [0.5, 0.6) is 0 Å². The summed E-state index contributed by atoms with van der Waals surface area (Å²) in [7, 11) is -3.83. The first-order valence-electron chi connectivity index (χ1n) is 10.2. The average molecular weight is 462 g/mol. The van der Waals surface area contributed by atoms with Crippen molar-refractivity contribution >= 4 is 27.7 Å². The fourth-order valence-corrected chi connectivity index (χ4v) is 3.84. The van der Waals surface area contributed by atoms with Crippen LogP contribution in [0.4, 0.5) is 10.5 Å². The highest BCUT2D eigenvalue weighted by atomic mass is 32.2. The fraction of sp³-hybridized carbons (Fsp3) is 0.391. The van der Waals surface area contributed by atoms with E-state index in [1.54, 1.807) is 46.8 Å². The molecule has 2 amide bonds. The average Bonchev–Trinajstić information content (AvgIpc) is 2.71. The molecule has 0 aromatic heterocycles. The molecule has 2 rings (SSSR count). The number of carbonyl (C=O) groups excluding carboxylic acids is 2. The van der Waals surface area contributed by atoms with Crippen molar-refractivity contribution in [3.05, 3.63) is 60.2 Å². The van der Waals surface area contributed by atoms with Crippen molar-refractivity contribution in [1.29, 1.82) is 0 Å². The first-order chi connectivity index (χ1) is 14.8. The molecule has 0 spiro atoms. The Hall–Kier alpha value is -2.91. The maximum atomic E-state index is 12.8. The summed E-state index contributed by atoms with van der Waals surface area (Å²) in [6.45, 7) is 8.87. The van der Waals surface area contributed by atoms with Crippen molar-refractivity contribution in [1.82, 2.24) is 10.0 Å². The smallest absolute Gasteiger partial charge is 0.407 e. The molecule has 0 atom stereocenters. The molecule has 0 aliphatic rings. The van der Waals surface area contributed by atoms with E-state index in [2.05, 4.69) is 15.4 Å². The zero-order valence-electron chi connectivity index (χ0n) is 19.1. The van der Waals surface area contributed by atoms with E-state index in [1.807, 2.05) is 30.3 Å². The minimum Gasteiger partial charge on any atom is -0.444 e. The quantitative estimate of drug-likeness (QED) is 0.522. The summed E-state index contributed by atoms with van der Waals surface area (Å²) >= 11 is 0. The first kappa shape index (κ1) is 25.4. The van der Waals surface area contributed by atoms with Gasteiger partial charge in [0.25, 0.3) is 0 Å². The maximum Gasteiger partial charge on any atom is 0.407 e. The molecule has 0 saturated carbocycles. The molecule has 0 aliphatic carbocycles.